The molecule has 3 rings (SSSR count). The number of hydrogen-bond acceptors (Lipinski definition) is 1. The van der Waals surface area contributed by atoms with E-state index in [4.69, 9.17) is 4.74 Å². The lowest BCUT2D eigenvalue weighted by atomic mass is 9.92. The molecule has 0 spiro atoms. The summed E-state index contributed by atoms with van der Waals surface area (Å²) in [6.45, 7) is 5.08. The lowest BCUT2D eigenvalue weighted by molar-refractivity contribution is 0.300. The van der Waals surface area contributed by atoms with Crippen LogP contribution in [0.1, 0.15) is 24.0 Å². The molecule has 0 N–H and O–H groups in total. The zero-order valence-corrected chi connectivity index (χ0v) is 10.2. The fraction of sp³-hybridized carbons (Fsp3) is 0.250. The summed E-state index contributed by atoms with van der Waals surface area (Å²) in [5, 5.41) is 0. The van der Waals surface area contributed by atoms with Crippen molar-refractivity contribution in [2.45, 2.75) is 19.8 Å². The van der Waals surface area contributed by atoms with Crippen LogP contribution in [0.3, 0.4) is 0 Å². The number of benzene rings is 2. The van der Waals surface area contributed by atoms with Crippen LogP contribution >= 0.6 is 0 Å². The molecule has 0 fully saturated rings. The minimum absolute atomic E-state index is 0.443. The third-order valence-corrected chi connectivity index (χ3v) is 3.41. The molecule has 0 saturated heterocycles. The molecular weight excluding hydrogens is 208 g/mol. The second kappa shape index (κ2) is 3.92. The Bertz CT molecular complexity index is 557. The number of ether oxygens (including phenoxy) is 1. The lowest BCUT2D eigenvalue weighted by Gasteiger charge is -2.10. The van der Waals surface area contributed by atoms with Crippen LogP contribution in [0.15, 0.2) is 42.5 Å². The molecule has 1 heterocycles. The molecule has 0 aromatic heterocycles. The average Bonchev–Trinajstić information content (AvgIpc) is 2.48. The third-order valence-electron chi connectivity index (χ3n) is 3.41. The molecule has 0 amide bonds. The maximum Gasteiger partial charge on any atom is 0.127 e. The van der Waals surface area contributed by atoms with Gasteiger partial charge in [-0.3, -0.25) is 0 Å². The quantitative estimate of drug-likeness (QED) is 0.653. The second-order valence-corrected chi connectivity index (χ2v) is 4.80. The molecule has 1 aliphatic heterocycles. The Labute approximate surface area is 102 Å². The summed E-state index contributed by atoms with van der Waals surface area (Å²) >= 11 is 0. The highest BCUT2D eigenvalue weighted by Gasteiger charge is 2.19. The summed E-state index contributed by atoms with van der Waals surface area (Å²) in [6.07, 6.45) is 0. The van der Waals surface area contributed by atoms with Crippen LogP contribution in [0.25, 0.3) is 11.1 Å². The molecule has 2 aromatic carbocycles. The predicted octanol–water partition coefficient (Wildman–Crippen LogP) is 4.16. The predicted molar refractivity (Wildman–Crippen MR) is 70.5 cm³/mol. The van der Waals surface area contributed by atoms with E-state index in [9.17, 15) is 0 Å². The SMILES string of the molecule is Cc1ccc2c(c1)OCC(C)c1ccccc1-2. The molecule has 1 unspecified atom stereocenters. The van der Waals surface area contributed by atoms with Crippen LogP contribution in [-0.2, 0) is 0 Å². The number of fused-ring (bicyclic) bond motifs is 3. The smallest absolute Gasteiger partial charge is 0.127 e. The molecule has 1 aliphatic rings. The van der Waals surface area contributed by atoms with E-state index in [2.05, 4.69) is 56.3 Å². The summed E-state index contributed by atoms with van der Waals surface area (Å²) in [5.74, 6) is 1.46. The van der Waals surface area contributed by atoms with E-state index in [0.29, 0.717) is 5.92 Å². The Morgan fingerprint density at radius 1 is 1.06 bits per heavy atom. The van der Waals surface area contributed by atoms with Crippen LogP contribution in [0, 0.1) is 6.92 Å². The van der Waals surface area contributed by atoms with Crippen molar-refractivity contribution in [3.05, 3.63) is 53.6 Å². The van der Waals surface area contributed by atoms with Crippen molar-refractivity contribution in [2.24, 2.45) is 0 Å². The van der Waals surface area contributed by atoms with Gasteiger partial charge in [0.05, 0.1) is 6.61 Å². The first-order valence-electron chi connectivity index (χ1n) is 6.08. The second-order valence-electron chi connectivity index (χ2n) is 4.80. The maximum absolute atomic E-state index is 5.92. The van der Waals surface area contributed by atoms with Crippen LogP contribution in [-0.4, -0.2) is 6.61 Å². The topological polar surface area (TPSA) is 9.23 Å². The van der Waals surface area contributed by atoms with Gasteiger partial charge in [-0.1, -0.05) is 43.3 Å². The Kier molecular flexibility index (Phi) is 2.40. The molecule has 1 nitrogen and oxygen atoms in total. The summed E-state index contributed by atoms with van der Waals surface area (Å²) in [7, 11) is 0. The maximum atomic E-state index is 5.92. The van der Waals surface area contributed by atoms with Gasteiger partial charge in [0, 0.05) is 11.5 Å². The van der Waals surface area contributed by atoms with E-state index in [0.717, 1.165) is 12.4 Å². The number of rotatable bonds is 0. The monoisotopic (exact) mass is 224 g/mol. The van der Waals surface area contributed by atoms with Crippen molar-refractivity contribution in [3.8, 4) is 16.9 Å². The minimum Gasteiger partial charge on any atom is -0.492 e. The Morgan fingerprint density at radius 2 is 1.88 bits per heavy atom. The van der Waals surface area contributed by atoms with Crippen molar-refractivity contribution < 1.29 is 4.74 Å². The van der Waals surface area contributed by atoms with Gasteiger partial charge < -0.3 is 4.74 Å². The van der Waals surface area contributed by atoms with E-state index >= 15 is 0 Å². The zero-order chi connectivity index (χ0) is 11.8. The van der Waals surface area contributed by atoms with Crippen molar-refractivity contribution >= 4 is 0 Å². The molecule has 0 saturated carbocycles. The molecule has 0 radical (unpaired) electrons. The average molecular weight is 224 g/mol. The minimum atomic E-state index is 0.443. The third kappa shape index (κ3) is 1.72. The standard InChI is InChI=1S/C16H16O/c1-11-7-8-15-14-6-4-3-5-13(14)12(2)10-17-16(15)9-11/h3-9,12H,10H2,1-2H3. The molecular formula is C16H16O. The van der Waals surface area contributed by atoms with E-state index in [-0.39, 0.29) is 0 Å². The first-order valence-corrected chi connectivity index (χ1v) is 6.08. The van der Waals surface area contributed by atoms with Gasteiger partial charge in [0.25, 0.3) is 0 Å². The molecule has 0 aliphatic carbocycles. The molecule has 17 heavy (non-hydrogen) atoms. The molecule has 86 valence electrons. The van der Waals surface area contributed by atoms with Gasteiger partial charge in [-0.2, -0.15) is 0 Å². The van der Waals surface area contributed by atoms with Crippen LogP contribution in [0.4, 0.5) is 0 Å². The number of hydrogen-bond donors (Lipinski definition) is 0. The fourth-order valence-corrected chi connectivity index (χ4v) is 2.45. The van der Waals surface area contributed by atoms with E-state index in [1.165, 1.54) is 22.3 Å². The van der Waals surface area contributed by atoms with Crippen molar-refractivity contribution in [1.82, 2.24) is 0 Å². The van der Waals surface area contributed by atoms with Crippen molar-refractivity contribution in [3.63, 3.8) is 0 Å². The Hall–Kier alpha value is -1.76. The first kappa shape index (κ1) is 10.4. The van der Waals surface area contributed by atoms with Crippen LogP contribution in [0.2, 0.25) is 0 Å². The van der Waals surface area contributed by atoms with Crippen molar-refractivity contribution in [1.29, 1.82) is 0 Å². The van der Waals surface area contributed by atoms with Gasteiger partial charge in [-0.25, -0.2) is 0 Å². The van der Waals surface area contributed by atoms with Crippen molar-refractivity contribution in [2.75, 3.05) is 6.61 Å². The van der Waals surface area contributed by atoms with E-state index < -0.39 is 0 Å². The summed E-state index contributed by atoms with van der Waals surface area (Å²) in [4.78, 5) is 0. The molecule has 1 atom stereocenters. The first-order chi connectivity index (χ1) is 8.25. The highest BCUT2D eigenvalue weighted by molar-refractivity contribution is 5.75. The highest BCUT2D eigenvalue weighted by Crippen LogP contribution is 2.39. The van der Waals surface area contributed by atoms with Gasteiger partial charge >= 0.3 is 0 Å². The fourth-order valence-electron chi connectivity index (χ4n) is 2.45. The zero-order valence-electron chi connectivity index (χ0n) is 10.2. The normalized spacial score (nSPS) is 17.6. The van der Waals surface area contributed by atoms with Gasteiger partial charge in [0.1, 0.15) is 5.75 Å². The van der Waals surface area contributed by atoms with E-state index in [1.54, 1.807) is 0 Å². The summed E-state index contributed by atoms with van der Waals surface area (Å²) < 4.78 is 5.92. The van der Waals surface area contributed by atoms with E-state index in [1.807, 2.05) is 0 Å². The highest BCUT2D eigenvalue weighted by atomic mass is 16.5. The van der Waals surface area contributed by atoms with Gasteiger partial charge in [0.15, 0.2) is 0 Å². The van der Waals surface area contributed by atoms with Gasteiger partial charge in [-0.15, -0.1) is 0 Å². The van der Waals surface area contributed by atoms with Crippen LogP contribution < -0.4 is 4.74 Å². The summed E-state index contributed by atoms with van der Waals surface area (Å²) in [5.41, 5.74) is 5.16. The Morgan fingerprint density at radius 3 is 2.76 bits per heavy atom. The number of aryl methyl sites for hydroxylation is 1. The Balaban J connectivity index is 2.26. The van der Waals surface area contributed by atoms with Gasteiger partial charge in [0.2, 0.25) is 0 Å². The molecule has 1 heteroatoms. The summed E-state index contributed by atoms with van der Waals surface area (Å²) in [6, 6.07) is 15.0. The largest absolute Gasteiger partial charge is 0.492 e. The van der Waals surface area contributed by atoms with Gasteiger partial charge in [-0.05, 0) is 29.7 Å². The molecule has 2 aromatic rings. The molecule has 0 bridgehead atoms. The lowest BCUT2D eigenvalue weighted by Crippen LogP contribution is -2.04. The van der Waals surface area contributed by atoms with Crippen LogP contribution in [0.5, 0.6) is 5.75 Å².